The van der Waals surface area contributed by atoms with E-state index in [9.17, 15) is 19.1 Å². The summed E-state index contributed by atoms with van der Waals surface area (Å²) in [4.78, 5) is 24.6. The van der Waals surface area contributed by atoms with Crippen molar-refractivity contribution in [3.8, 4) is 5.75 Å². The molecule has 0 bridgehead atoms. The number of phenols is 1. The molecule has 0 unspecified atom stereocenters. The second-order valence-corrected chi connectivity index (χ2v) is 3.89. The van der Waals surface area contributed by atoms with Crippen LogP contribution in [0, 0.1) is 5.82 Å². The standard InChI is InChI=1S/C11H8FNO4/c12-8-4-6(11(1-2-11)13-5-14)3-7(9(8)15)10(16)17/h3-4,15H,1-2H2,(H,16,17). The number of aromatic carboxylic acids is 1. The van der Waals surface area contributed by atoms with Crippen LogP contribution < -0.4 is 0 Å². The van der Waals surface area contributed by atoms with E-state index in [0.29, 0.717) is 12.8 Å². The first-order chi connectivity index (χ1) is 8.00. The number of benzene rings is 1. The molecule has 1 fully saturated rings. The summed E-state index contributed by atoms with van der Waals surface area (Å²) in [5.74, 6) is -3.38. The third-order valence-corrected chi connectivity index (χ3v) is 2.81. The molecule has 1 aromatic carbocycles. The van der Waals surface area contributed by atoms with Crippen LogP contribution in [0.2, 0.25) is 0 Å². The Balaban J connectivity index is 2.58. The Kier molecular flexibility index (Phi) is 2.44. The van der Waals surface area contributed by atoms with E-state index in [1.165, 1.54) is 6.08 Å². The number of carboxylic acid groups (broad SMARTS) is 1. The molecule has 0 aliphatic heterocycles. The minimum Gasteiger partial charge on any atom is -0.504 e. The van der Waals surface area contributed by atoms with E-state index < -0.39 is 28.6 Å². The molecule has 0 saturated heterocycles. The van der Waals surface area contributed by atoms with Crippen LogP contribution in [0.3, 0.4) is 0 Å². The molecule has 1 aromatic rings. The lowest BCUT2D eigenvalue weighted by Gasteiger charge is -2.10. The van der Waals surface area contributed by atoms with Crippen molar-refractivity contribution in [3.05, 3.63) is 29.1 Å². The minimum atomic E-state index is -1.44. The minimum absolute atomic E-state index is 0.272. The molecule has 0 atom stereocenters. The lowest BCUT2D eigenvalue weighted by atomic mass is 10.0. The molecule has 0 heterocycles. The summed E-state index contributed by atoms with van der Waals surface area (Å²) in [6, 6.07) is 2.13. The molecular formula is C11H8FNO4. The van der Waals surface area contributed by atoms with Crippen LogP contribution in [0.25, 0.3) is 0 Å². The van der Waals surface area contributed by atoms with Crippen molar-refractivity contribution >= 4 is 12.0 Å². The van der Waals surface area contributed by atoms with Crippen LogP contribution in [0.5, 0.6) is 5.75 Å². The van der Waals surface area contributed by atoms with Crippen LogP contribution in [-0.4, -0.2) is 22.3 Å². The average Bonchev–Trinajstić information content (AvgIpc) is 3.03. The first-order valence-corrected chi connectivity index (χ1v) is 4.85. The summed E-state index contributed by atoms with van der Waals surface area (Å²) < 4.78 is 13.3. The Morgan fingerprint density at radius 1 is 1.47 bits per heavy atom. The van der Waals surface area contributed by atoms with Gasteiger partial charge in [0, 0.05) is 0 Å². The summed E-state index contributed by atoms with van der Waals surface area (Å²) in [5.41, 5.74) is -1.12. The van der Waals surface area contributed by atoms with Gasteiger partial charge in [0.05, 0.1) is 5.54 Å². The van der Waals surface area contributed by atoms with Gasteiger partial charge in [0.2, 0.25) is 6.08 Å². The third kappa shape index (κ3) is 1.79. The molecule has 5 nitrogen and oxygen atoms in total. The largest absolute Gasteiger partial charge is 0.504 e. The number of carbonyl (C=O) groups excluding carboxylic acids is 1. The maximum atomic E-state index is 13.3. The number of carboxylic acids is 1. The molecule has 0 spiro atoms. The van der Waals surface area contributed by atoms with Gasteiger partial charge in [0.15, 0.2) is 11.6 Å². The second-order valence-electron chi connectivity index (χ2n) is 3.89. The van der Waals surface area contributed by atoms with Gasteiger partial charge in [-0.1, -0.05) is 0 Å². The number of rotatable bonds is 3. The van der Waals surface area contributed by atoms with Gasteiger partial charge in [-0.2, -0.15) is 4.99 Å². The molecule has 2 N–H and O–H groups in total. The molecular weight excluding hydrogens is 229 g/mol. The fourth-order valence-corrected chi connectivity index (χ4v) is 1.70. The van der Waals surface area contributed by atoms with Crippen molar-refractivity contribution in [2.45, 2.75) is 18.4 Å². The van der Waals surface area contributed by atoms with Crippen molar-refractivity contribution in [1.82, 2.24) is 0 Å². The summed E-state index contributed by atoms with van der Waals surface area (Å²) >= 11 is 0. The fraction of sp³-hybridized carbons (Fsp3) is 0.273. The smallest absolute Gasteiger partial charge is 0.339 e. The number of nitrogens with zero attached hydrogens (tertiary/aromatic N) is 1. The van der Waals surface area contributed by atoms with Gasteiger partial charge >= 0.3 is 5.97 Å². The SMILES string of the molecule is O=C=NC1(c2cc(F)c(O)c(C(=O)O)c2)CC1. The predicted molar refractivity (Wildman–Crippen MR) is 54.1 cm³/mol. The fourth-order valence-electron chi connectivity index (χ4n) is 1.70. The van der Waals surface area contributed by atoms with E-state index >= 15 is 0 Å². The van der Waals surface area contributed by atoms with Gasteiger partial charge in [0.25, 0.3) is 0 Å². The molecule has 17 heavy (non-hydrogen) atoms. The molecule has 0 aromatic heterocycles. The lowest BCUT2D eigenvalue weighted by molar-refractivity contribution is 0.0692. The Morgan fingerprint density at radius 3 is 2.59 bits per heavy atom. The van der Waals surface area contributed by atoms with Crippen molar-refractivity contribution in [2.24, 2.45) is 4.99 Å². The second kappa shape index (κ2) is 3.68. The molecule has 6 heteroatoms. The summed E-state index contributed by atoms with van der Waals surface area (Å²) in [6.45, 7) is 0. The Bertz CT molecular complexity index is 545. The molecule has 88 valence electrons. The number of halogens is 1. The number of carbonyl (C=O) groups is 1. The Morgan fingerprint density at radius 2 is 2.12 bits per heavy atom. The number of aliphatic imine (C=N–C) groups is 1. The first kappa shape index (κ1) is 11.3. The maximum Gasteiger partial charge on any atom is 0.339 e. The average molecular weight is 237 g/mol. The van der Waals surface area contributed by atoms with Crippen LogP contribution in [0.4, 0.5) is 4.39 Å². The zero-order chi connectivity index (χ0) is 12.6. The van der Waals surface area contributed by atoms with Gasteiger partial charge in [-0.3, -0.25) is 0 Å². The van der Waals surface area contributed by atoms with Crippen LogP contribution in [0.15, 0.2) is 17.1 Å². The zero-order valence-corrected chi connectivity index (χ0v) is 8.61. The quantitative estimate of drug-likeness (QED) is 0.616. The molecule has 2 rings (SSSR count). The van der Waals surface area contributed by atoms with Crippen molar-refractivity contribution in [1.29, 1.82) is 0 Å². The Hall–Kier alpha value is -2.20. The van der Waals surface area contributed by atoms with Gasteiger partial charge in [-0.25, -0.2) is 14.0 Å². The van der Waals surface area contributed by atoms with Crippen molar-refractivity contribution < 1.29 is 24.2 Å². The van der Waals surface area contributed by atoms with Crippen LogP contribution in [-0.2, 0) is 10.3 Å². The van der Waals surface area contributed by atoms with E-state index in [0.717, 1.165) is 12.1 Å². The monoisotopic (exact) mass is 237 g/mol. The highest BCUT2D eigenvalue weighted by Crippen LogP contribution is 2.50. The van der Waals surface area contributed by atoms with E-state index in [-0.39, 0.29) is 5.56 Å². The number of aromatic hydroxyl groups is 1. The van der Waals surface area contributed by atoms with Crippen molar-refractivity contribution in [3.63, 3.8) is 0 Å². The maximum absolute atomic E-state index is 13.3. The van der Waals surface area contributed by atoms with E-state index in [1.807, 2.05) is 0 Å². The topological polar surface area (TPSA) is 87.0 Å². The highest BCUT2D eigenvalue weighted by atomic mass is 19.1. The van der Waals surface area contributed by atoms with E-state index in [4.69, 9.17) is 5.11 Å². The Labute approximate surface area is 95.2 Å². The molecule has 1 aliphatic rings. The normalized spacial score (nSPS) is 16.1. The summed E-state index contributed by atoms with van der Waals surface area (Å²) in [5, 5.41) is 18.0. The lowest BCUT2D eigenvalue weighted by Crippen LogP contribution is -2.07. The molecule has 1 saturated carbocycles. The van der Waals surface area contributed by atoms with E-state index in [1.54, 1.807) is 0 Å². The predicted octanol–water partition coefficient (Wildman–Crippen LogP) is 1.55. The van der Waals surface area contributed by atoms with E-state index in [2.05, 4.69) is 4.99 Å². The first-order valence-electron chi connectivity index (χ1n) is 4.85. The molecule has 0 amide bonds. The molecule has 1 aliphatic carbocycles. The number of hydrogen-bond acceptors (Lipinski definition) is 4. The van der Waals surface area contributed by atoms with Gasteiger partial charge in [-0.05, 0) is 30.5 Å². The van der Waals surface area contributed by atoms with Gasteiger partial charge in [0.1, 0.15) is 5.56 Å². The number of isocyanates is 1. The van der Waals surface area contributed by atoms with Gasteiger partial charge < -0.3 is 10.2 Å². The van der Waals surface area contributed by atoms with Crippen LogP contribution in [0.1, 0.15) is 28.8 Å². The highest BCUT2D eigenvalue weighted by Gasteiger charge is 2.45. The number of hydrogen-bond donors (Lipinski definition) is 2. The van der Waals surface area contributed by atoms with Crippen LogP contribution >= 0.6 is 0 Å². The van der Waals surface area contributed by atoms with Crippen molar-refractivity contribution in [2.75, 3.05) is 0 Å². The zero-order valence-electron chi connectivity index (χ0n) is 8.61. The third-order valence-electron chi connectivity index (χ3n) is 2.81. The highest BCUT2D eigenvalue weighted by molar-refractivity contribution is 5.91. The summed E-state index contributed by atoms with van der Waals surface area (Å²) in [6.07, 6.45) is 2.46. The summed E-state index contributed by atoms with van der Waals surface area (Å²) in [7, 11) is 0. The van der Waals surface area contributed by atoms with Gasteiger partial charge in [-0.15, -0.1) is 0 Å². The molecule has 0 radical (unpaired) electrons.